The highest BCUT2D eigenvalue weighted by Gasteiger charge is 2.32. The second kappa shape index (κ2) is 8.19. The molecule has 1 N–H and O–H groups in total. The zero-order valence-corrected chi connectivity index (χ0v) is 17.0. The summed E-state index contributed by atoms with van der Waals surface area (Å²) in [6, 6.07) is 9.29. The van der Waals surface area contributed by atoms with E-state index in [1.54, 1.807) is 6.92 Å². The maximum Gasteiger partial charge on any atom is 0.254 e. The summed E-state index contributed by atoms with van der Waals surface area (Å²) in [6.45, 7) is 3.50. The van der Waals surface area contributed by atoms with Crippen molar-refractivity contribution in [1.82, 2.24) is 19.8 Å². The van der Waals surface area contributed by atoms with Gasteiger partial charge in [0.05, 0.1) is 18.3 Å². The van der Waals surface area contributed by atoms with Crippen molar-refractivity contribution in [2.24, 2.45) is 0 Å². The summed E-state index contributed by atoms with van der Waals surface area (Å²) in [6.07, 6.45) is 3.61. The number of piperidine rings is 1. The summed E-state index contributed by atoms with van der Waals surface area (Å²) in [7, 11) is 1.84. The van der Waals surface area contributed by atoms with Gasteiger partial charge in [-0.25, -0.2) is 9.97 Å². The molecule has 29 heavy (non-hydrogen) atoms. The van der Waals surface area contributed by atoms with Gasteiger partial charge in [0, 0.05) is 44.6 Å². The summed E-state index contributed by atoms with van der Waals surface area (Å²) in [5.41, 5.74) is 2.66. The molecule has 7 nitrogen and oxygen atoms in total. The molecule has 4 rings (SSSR count). The maximum atomic E-state index is 13.2. The van der Waals surface area contributed by atoms with Crippen molar-refractivity contribution < 1.29 is 9.59 Å². The number of nitrogens with zero attached hydrogens (tertiary/aromatic N) is 4. The quantitative estimate of drug-likeness (QED) is 0.868. The van der Waals surface area contributed by atoms with Crippen LogP contribution in [0.4, 0.5) is 5.82 Å². The van der Waals surface area contributed by atoms with Crippen molar-refractivity contribution in [3.05, 3.63) is 53.0 Å². The largest absolute Gasteiger partial charge is 0.373 e. The molecule has 0 bridgehead atoms. The molecule has 3 heterocycles. The monoisotopic (exact) mass is 393 g/mol. The number of benzene rings is 1. The third-order valence-corrected chi connectivity index (χ3v) is 5.84. The molecule has 1 fully saturated rings. The van der Waals surface area contributed by atoms with E-state index >= 15 is 0 Å². The van der Waals surface area contributed by atoms with Crippen LogP contribution in [0.25, 0.3) is 0 Å². The first-order valence-corrected chi connectivity index (χ1v) is 10.3. The molecule has 0 radical (unpaired) electrons. The van der Waals surface area contributed by atoms with Gasteiger partial charge < -0.3 is 15.1 Å². The molecule has 0 aliphatic carbocycles. The Morgan fingerprint density at radius 1 is 1.10 bits per heavy atom. The van der Waals surface area contributed by atoms with Gasteiger partial charge in [0.1, 0.15) is 5.82 Å². The van der Waals surface area contributed by atoms with E-state index in [1.165, 1.54) is 0 Å². The van der Waals surface area contributed by atoms with Crippen LogP contribution in [0.5, 0.6) is 0 Å². The summed E-state index contributed by atoms with van der Waals surface area (Å²) >= 11 is 0. The van der Waals surface area contributed by atoms with Crippen LogP contribution in [-0.4, -0.2) is 51.7 Å². The number of anilines is 1. The molecule has 2 aromatic rings. The van der Waals surface area contributed by atoms with Gasteiger partial charge in [-0.3, -0.25) is 9.59 Å². The molecule has 1 saturated heterocycles. The first-order valence-electron chi connectivity index (χ1n) is 10.3. The van der Waals surface area contributed by atoms with Crippen molar-refractivity contribution in [3.8, 4) is 0 Å². The van der Waals surface area contributed by atoms with Crippen LogP contribution >= 0.6 is 0 Å². The van der Waals surface area contributed by atoms with Crippen LogP contribution in [0, 0.1) is 0 Å². The molecular weight excluding hydrogens is 366 g/mol. The lowest BCUT2D eigenvalue weighted by Crippen LogP contribution is -2.40. The minimum Gasteiger partial charge on any atom is -0.373 e. The van der Waals surface area contributed by atoms with Gasteiger partial charge in [0.15, 0.2) is 5.82 Å². The molecule has 0 spiro atoms. The Labute approximate surface area is 171 Å². The molecule has 1 atom stereocenters. The number of rotatable bonds is 3. The predicted octanol–water partition coefficient (Wildman–Crippen LogP) is 2.79. The van der Waals surface area contributed by atoms with E-state index in [0.717, 1.165) is 36.3 Å². The predicted molar refractivity (Wildman–Crippen MR) is 110 cm³/mol. The Balaban J connectivity index is 1.67. The van der Waals surface area contributed by atoms with Gasteiger partial charge in [-0.05, 0) is 31.4 Å². The molecule has 152 valence electrons. The van der Waals surface area contributed by atoms with E-state index in [2.05, 4.69) is 5.32 Å². The second-order valence-electron chi connectivity index (χ2n) is 7.67. The maximum absolute atomic E-state index is 13.2. The van der Waals surface area contributed by atoms with Gasteiger partial charge in [0.25, 0.3) is 5.91 Å². The molecule has 2 aliphatic rings. The van der Waals surface area contributed by atoms with Crippen LogP contribution in [0.1, 0.15) is 59.7 Å². The van der Waals surface area contributed by atoms with Gasteiger partial charge in [0.2, 0.25) is 5.91 Å². The number of hydrogen-bond acceptors (Lipinski definition) is 5. The molecular formula is C22H27N5O2. The molecule has 1 aromatic carbocycles. The van der Waals surface area contributed by atoms with E-state index in [1.807, 2.05) is 47.2 Å². The van der Waals surface area contributed by atoms with Crippen LogP contribution in [0.3, 0.4) is 0 Å². The zero-order chi connectivity index (χ0) is 20.4. The second-order valence-corrected chi connectivity index (χ2v) is 7.67. The average Bonchev–Trinajstić information content (AvgIpc) is 2.78. The minimum atomic E-state index is -0.125. The highest BCUT2D eigenvalue weighted by molar-refractivity contribution is 5.94. The molecule has 0 saturated carbocycles. The zero-order valence-electron chi connectivity index (χ0n) is 17.0. The summed E-state index contributed by atoms with van der Waals surface area (Å²) < 4.78 is 0. The average molecular weight is 393 g/mol. The number of fused-ring (bicyclic) bond motifs is 1. The first kappa shape index (κ1) is 19.4. The Kier molecular flexibility index (Phi) is 5.47. The lowest BCUT2D eigenvalue weighted by atomic mass is 9.99. The van der Waals surface area contributed by atoms with Crippen LogP contribution in [-0.2, 0) is 17.8 Å². The molecule has 1 unspecified atom stereocenters. The van der Waals surface area contributed by atoms with E-state index in [-0.39, 0.29) is 17.9 Å². The van der Waals surface area contributed by atoms with Crippen LogP contribution in [0.2, 0.25) is 0 Å². The standard InChI is InChI=1S/C22H27N5O2/c1-15(28)26-13-11-18-17(14-26)20(23-2)25-21(24-18)19-10-6-7-12-27(19)22(29)16-8-4-3-5-9-16/h3-5,8-9,19H,6-7,10-14H2,1-2H3,(H,23,24,25). The first-order chi connectivity index (χ1) is 14.1. The molecule has 1 aromatic heterocycles. The Bertz CT molecular complexity index is 898. The van der Waals surface area contributed by atoms with E-state index in [4.69, 9.17) is 9.97 Å². The van der Waals surface area contributed by atoms with E-state index in [0.29, 0.717) is 37.4 Å². The normalized spacial score (nSPS) is 18.9. The number of carbonyl (C=O) groups is 2. The highest BCUT2D eigenvalue weighted by atomic mass is 16.2. The molecule has 7 heteroatoms. The van der Waals surface area contributed by atoms with E-state index < -0.39 is 0 Å². The van der Waals surface area contributed by atoms with Gasteiger partial charge in [-0.2, -0.15) is 0 Å². The fourth-order valence-electron chi connectivity index (χ4n) is 4.25. The number of carbonyl (C=O) groups excluding carboxylic acids is 2. The smallest absolute Gasteiger partial charge is 0.254 e. The van der Waals surface area contributed by atoms with Crippen molar-refractivity contribution in [2.45, 2.75) is 45.2 Å². The number of amides is 2. The molecule has 2 aliphatic heterocycles. The van der Waals surface area contributed by atoms with Crippen LogP contribution in [0.15, 0.2) is 30.3 Å². The molecule has 2 amide bonds. The van der Waals surface area contributed by atoms with Gasteiger partial charge in [-0.1, -0.05) is 18.2 Å². The Morgan fingerprint density at radius 2 is 1.90 bits per heavy atom. The van der Waals surface area contributed by atoms with Crippen LogP contribution < -0.4 is 5.32 Å². The lowest BCUT2D eigenvalue weighted by Gasteiger charge is -2.36. The van der Waals surface area contributed by atoms with E-state index in [9.17, 15) is 9.59 Å². The third-order valence-electron chi connectivity index (χ3n) is 5.84. The van der Waals surface area contributed by atoms with Crippen molar-refractivity contribution in [2.75, 3.05) is 25.5 Å². The minimum absolute atomic E-state index is 0.0328. The van der Waals surface area contributed by atoms with Gasteiger partial charge >= 0.3 is 0 Å². The SMILES string of the molecule is CNc1nc(C2CCCCN2C(=O)c2ccccc2)nc2c1CN(C(C)=O)CC2. The fraction of sp³-hybridized carbons (Fsp3) is 0.455. The summed E-state index contributed by atoms with van der Waals surface area (Å²) in [5.74, 6) is 1.56. The van der Waals surface area contributed by atoms with Gasteiger partial charge in [-0.15, -0.1) is 0 Å². The van der Waals surface area contributed by atoms with Crippen molar-refractivity contribution in [1.29, 1.82) is 0 Å². The number of likely N-dealkylation sites (tertiary alicyclic amines) is 1. The summed E-state index contributed by atoms with van der Waals surface area (Å²) in [4.78, 5) is 38.4. The number of hydrogen-bond donors (Lipinski definition) is 1. The Morgan fingerprint density at radius 3 is 2.62 bits per heavy atom. The topological polar surface area (TPSA) is 78.4 Å². The fourth-order valence-corrected chi connectivity index (χ4v) is 4.25. The third kappa shape index (κ3) is 3.81. The Hall–Kier alpha value is -2.96. The number of aromatic nitrogens is 2. The number of nitrogens with one attached hydrogen (secondary N) is 1. The highest BCUT2D eigenvalue weighted by Crippen LogP contribution is 2.33. The van der Waals surface area contributed by atoms with Crippen molar-refractivity contribution in [3.63, 3.8) is 0 Å². The lowest BCUT2D eigenvalue weighted by molar-refractivity contribution is -0.129. The summed E-state index contributed by atoms with van der Waals surface area (Å²) in [5, 5.41) is 3.18. The van der Waals surface area contributed by atoms with Crippen molar-refractivity contribution >= 4 is 17.6 Å².